The van der Waals surface area contributed by atoms with E-state index in [-0.39, 0.29) is 17.9 Å². The molecule has 1 aromatic heterocycles. The average Bonchev–Trinajstić information content (AvgIpc) is 2.63. The molecular weight excluding hydrogens is 244 g/mol. The van der Waals surface area contributed by atoms with Gasteiger partial charge in [0.1, 0.15) is 0 Å². The smallest absolute Gasteiger partial charge is 0.408 e. The molecule has 5 nitrogen and oxygen atoms in total. The van der Waals surface area contributed by atoms with Gasteiger partial charge in [-0.15, -0.1) is 0 Å². The van der Waals surface area contributed by atoms with Gasteiger partial charge in [-0.1, -0.05) is 0 Å². The summed E-state index contributed by atoms with van der Waals surface area (Å²) in [6.45, 7) is 4.27. The summed E-state index contributed by atoms with van der Waals surface area (Å²) in [6.07, 6.45) is 0.667. The minimum absolute atomic E-state index is 0.139. The summed E-state index contributed by atoms with van der Waals surface area (Å²) < 4.78 is 6.68. The lowest BCUT2D eigenvalue weighted by atomic mass is 9.98. The first-order valence-electron chi connectivity index (χ1n) is 6.31. The summed E-state index contributed by atoms with van der Waals surface area (Å²) in [4.78, 5) is 13.5. The molecule has 2 rings (SSSR count). The maximum absolute atomic E-state index is 11.5. The number of nitrogens with zero attached hydrogens (tertiary/aromatic N) is 2. The Morgan fingerprint density at radius 3 is 2.74 bits per heavy atom. The second-order valence-electron chi connectivity index (χ2n) is 5.42. The van der Waals surface area contributed by atoms with Crippen molar-refractivity contribution in [2.75, 3.05) is 18.6 Å². The van der Waals surface area contributed by atoms with E-state index in [1.165, 1.54) is 4.57 Å². The second-order valence-corrected chi connectivity index (χ2v) is 5.42. The molecule has 0 fully saturated rings. The quantitative estimate of drug-likeness (QED) is 0.913. The predicted molar refractivity (Wildman–Crippen MR) is 75.6 cm³/mol. The van der Waals surface area contributed by atoms with E-state index in [2.05, 4.69) is 18.7 Å². The fourth-order valence-electron chi connectivity index (χ4n) is 2.12. The number of rotatable bonds is 4. The van der Waals surface area contributed by atoms with Crippen molar-refractivity contribution in [1.82, 2.24) is 4.57 Å². The van der Waals surface area contributed by atoms with Gasteiger partial charge in [-0.2, -0.15) is 0 Å². The number of fused-ring (bicyclic) bond motifs is 1. The molecule has 19 heavy (non-hydrogen) atoms. The van der Waals surface area contributed by atoms with Gasteiger partial charge in [-0.3, -0.25) is 4.57 Å². The summed E-state index contributed by atoms with van der Waals surface area (Å²) in [5, 5.41) is 9.12. The van der Waals surface area contributed by atoms with Gasteiger partial charge in [0.2, 0.25) is 0 Å². The normalized spacial score (nSPS) is 12.1. The number of aromatic nitrogens is 1. The number of benzene rings is 1. The van der Waals surface area contributed by atoms with Crippen LogP contribution in [0.15, 0.2) is 27.4 Å². The van der Waals surface area contributed by atoms with Gasteiger partial charge in [0.05, 0.1) is 5.52 Å². The van der Waals surface area contributed by atoms with Crippen LogP contribution in [-0.4, -0.2) is 28.9 Å². The van der Waals surface area contributed by atoms with Crippen LogP contribution >= 0.6 is 0 Å². The van der Waals surface area contributed by atoms with E-state index in [1.54, 1.807) is 7.05 Å². The van der Waals surface area contributed by atoms with Crippen LogP contribution in [0.3, 0.4) is 0 Å². The van der Waals surface area contributed by atoms with E-state index in [0.29, 0.717) is 12.0 Å². The highest BCUT2D eigenvalue weighted by Gasteiger charge is 2.23. The molecule has 0 amide bonds. The zero-order chi connectivity index (χ0) is 14.2. The molecule has 0 aliphatic heterocycles. The van der Waals surface area contributed by atoms with Crippen molar-refractivity contribution >= 4 is 16.8 Å². The summed E-state index contributed by atoms with van der Waals surface area (Å²) in [6, 6.07) is 5.69. The second kappa shape index (κ2) is 4.74. The number of aryl methyl sites for hydroxylation is 1. The van der Waals surface area contributed by atoms with E-state index >= 15 is 0 Å². The Labute approximate surface area is 112 Å². The Hall–Kier alpha value is -1.75. The minimum atomic E-state index is -0.357. The third-order valence-corrected chi connectivity index (χ3v) is 3.79. The first-order chi connectivity index (χ1) is 8.86. The van der Waals surface area contributed by atoms with Crippen molar-refractivity contribution < 1.29 is 9.52 Å². The third-order valence-electron chi connectivity index (χ3n) is 3.79. The van der Waals surface area contributed by atoms with E-state index in [0.717, 1.165) is 11.2 Å². The van der Waals surface area contributed by atoms with Crippen molar-refractivity contribution in [1.29, 1.82) is 0 Å². The molecule has 5 heteroatoms. The first kappa shape index (κ1) is 13.7. The molecule has 0 saturated carbocycles. The molecule has 0 saturated heterocycles. The molecule has 1 heterocycles. The molecule has 104 valence electrons. The molecule has 1 N–H and O–H groups in total. The van der Waals surface area contributed by atoms with Gasteiger partial charge in [0.15, 0.2) is 5.58 Å². The number of aliphatic hydroxyl groups is 1. The molecule has 0 unspecified atom stereocenters. The van der Waals surface area contributed by atoms with E-state index < -0.39 is 0 Å². The first-order valence-corrected chi connectivity index (χ1v) is 6.31. The molecular formula is C14H20N2O3. The van der Waals surface area contributed by atoms with Gasteiger partial charge in [0.25, 0.3) is 0 Å². The molecule has 0 atom stereocenters. The number of aliphatic hydroxyl groups excluding tert-OH is 1. The van der Waals surface area contributed by atoms with Crippen LogP contribution in [0.4, 0.5) is 5.69 Å². The number of oxazole rings is 1. The molecule has 1 aromatic carbocycles. The van der Waals surface area contributed by atoms with Crippen LogP contribution in [0.25, 0.3) is 11.1 Å². The zero-order valence-electron chi connectivity index (χ0n) is 11.8. The number of anilines is 1. The van der Waals surface area contributed by atoms with Gasteiger partial charge >= 0.3 is 5.76 Å². The molecule has 2 aromatic rings. The monoisotopic (exact) mass is 264 g/mol. The summed E-state index contributed by atoms with van der Waals surface area (Å²) in [7, 11) is 3.66. The molecule has 0 radical (unpaired) electrons. The lowest BCUT2D eigenvalue weighted by molar-refractivity contribution is 0.250. The van der Waals surface area contributed by atoms with Gasteiger partial charge < -0.3 is 14.4 Å². The Bertz CT molecular complexity index is 640. The molecule has 0 aliphatic rings. The number of hydrogen-bond donors (Lipinski definition) is 1. The Morgan fingerprint density at radius 1 is 1.42 bits per heavy atom. The van der Waals surface area contributed by atoms with E-state index in [1.807, 2.05) is 25.2 Å². The van der Waals surface area contributed by atoms with Crippen LogP contribution in [-0.2, 0) is 7.05 Å². The van der Waals surface area contributed by atoms with Gasteiger partial charge in [-0.25, -0.2) is 4.79 Å². The van der Waals surface area contributed by atoms with Crippen molar-refractivity contribution in [2.45, 2.75) is 25.8 Å². The summed E-state index contributed by atoms with van der Waals surface area (Å²) in [5.74, 6) is -0.357. The lowest BCUT2D eigenvalue weighted by Crippen LogP contribution is -2.41. The standard InChI is InChI=1S/C14H20N2O3/c1-14(2,7-8-17)16(4)10-5-6-11-12(9-10)19-13(18)15(11)3/h5-6,9,17H,7-8H2,1-4H3. The summed E-state index contributed by atoms with van der Waals surface area (Å²) in [5.41, 5.74) is 2.15. The van der Waals surface area contributed by atoms with Crippen molar-refractivity contribution in [2.24, 2.45) is 7.05 Å². The van der Waals surface area contributed by atoms with Crippen LogP contribution in [0.2, 0.25) is 0 Å². The fourth-order valence-corrected chi connectivity index (χ4v) is 2.12. The van der Waals surface area contributed by atoms with Crippen molar-refractivity contribution in [3.8, 4) is 0 Å². The largest absolute Gasteiger partial charge is 0.419 e. The predicted octanol–water partition coefficient (Wildman–Crippen LogP) is 1.73. The Morgan fingerprint density at radius 2 is 2.11 bits per heavy atom. The van der Waals surface area contributed by atoms with Crippen LogP contribution in [0.1, 0.15) is 20.3 Å². The van der Waals surface area contributed by atoms with Crippen LogP contribution in [0.5, 0.6) is 0 Å². The van der Waals surface area contributed by atoms with Crippen LogP contribution < -0.4 is 10.7 Å². The summed E-state index contributed by atoms with van der Waals surface area (Å²) >= 11 is 0. The van der Waals surface area contributed by atoms with Crippen molar-refractivity contribution in [3.63, 3.8) is 0 Å². The SMILES string of the molecule is CN(c1ccc2c(c1)oc(=O)n2C)C(C)(C)CCO. The molecule has 0 bridgehead atoms. The van der Waals surface area contributed by atoms with Crippen LogP contribution in [0, 0.1) is 0 Å². The maximum atomic E-state index is 11.5. The maximum Gasteiger partial charge on any atom is 0.419 e. The minimum Gasteiger partial charge on any atom is -0.408 e. The highest BCUT2D eigenvalue weighted by Crippen LogP contribution is 2.27. The molecule has 0 spiro atoms. The average molecular weight is 264 g/mol. The lowest BCUT2D eigenvalue weighted by Gasteiger charge is -2.37. The Kier molecular flexibility index (Phi) is 3.41. The number of hydrogen-bond acceptors (Lipinski definition) is 4. The highest BCUT2D eigenvalue weighted by atomic mass is 16.4. The molecule has 0 aliphatic carbocycles. The third kappa shape index (κ3) is 2.38. The van der Waals surface area contributed by atoms with E-state index in [9.17, 15) is 4.79 Å². The zero-order valence-corrected chi connectivity index (χ0v) is 11.8. The topological polar surface area (TPSA) is 58.6 Å². The fraction of sp³-hybridized carbons (Fsp3) is 0.500. The Balaban J connectivity index is 2.43. The van der Waals surface area contributed by atoms with Gasteiger partial charge in [0, 0.05) is 38.0 Å². The van der Waals surface area contributed by atoms with E-state index in [4.69, 9.17) is 9.52 Å². The highest BCUT2D eigenvalue weighted by molar-refractivity contribution is 5.77. The van der Waals surface area contributed by atoms with Gasteiger partial charge in [-0.05, 0) is 32.4 Å². The van der Waals surface area contributed by atoms with Crippen molar-refractivity contribution in [3.05, 3.63) is 28.7 Å².